The summed E-state index contributed by atoms with van der Waals surface area (Å²) in [6, 6.07) is 53.4. The van der Waals surface area contributed by atoms with Crippen molar-refractivity contribution in [1.82, 2.24) is 9.13 Å². The summed E-state index contributed by atoms with van der Waals surface area (Å²) in [6.45, 7) is 13.6. The van der Waals surface area contributed by atoms with Crippen LogP contribution >= 0.6 is 0 Å². The number of rotatable bonds is 5. The fraction of sp³-hybridized carbons (Fsp3) is 0.174. The lowest BCUT2D eigenvalue weighted by Gasteiger charge is -2.28. The first-order valence-electron chi connectivity index (χ1n) is 17.3. The van der Waals surface area contributed by atoms with Crippen molar-refractivity contribution in [2.45, 2.75) is 52.4 Å². The van der Waals surface area contributed by atoms with E-state index in [4.69, 9.17) is 0 Å². The van der Waals surface area contributed by atoms with E-state index >= 15 is 0 Å². The van der Waals surface area contributed by atoms with Crippen LogP contribution in [-0.2, 0) is 10.8 Å². The van der Waals surface area contributed by atoms with Crippen LogP contribution in [0.15, 0.2) is 152 Å². The molecule has 8 aromatic rings. The Bertz CT molecular complexity index is 2350. The van der Waals surface area contributed by atoms with Gasteiger partial charge in [0.15, 0.2) is 0 Å². The molecule has 3 heteroatoms. The second-order valence-corrected chi connectivity index (χ2v) is 15.2. The molecule has 0 saturated carbocycles. The molecule has 0 atom stereocenters. The lowest BCUT2D eigenvalue weighted by Crippen LogP contribution is -2.14. The molecule has 0 aliphatic carbocycles. The van der Waals surface area contributed by atoms with Crippen LogP contribution in [0.1, 0.15) is 52.7 Å². The van der Waals surface area contributed by atoms with Gasteiger partial charge in [0, 0.05) is 50.8 Å². The molecule has 0 saturated heterocycles. The highest BCUT2D eigenvalue weighted by atomic mass is 15.1. The molecular weight excluding hydrogens is 595 g/mol. The largest absolute Gasteiger partial charge is 0.316 e. The van der Waals surface area contributed by atoms with Crippen molar-refractivity contribution in [3.8, 4) is 11.4 Å². The van der Waals surface area contributed by atoms with Crippen molar-refractivity contribution in [2.24, 2.45) is 0 Å². The number of para-hydroxylation sites is 2. The first-order chi connectivity index (χ1) is 23.6. The quantitative estimate of drug-likeness (QED) is 0.183. The Morgan fingerprint density at radius 3 is 1.53 bits per heavy atom. The molecule has 0 fully saturated rings. The molecule has 242 valence electrons. The van der Waals surface area contributed by atoms with Gasteiger partial charge in [0.05, 0.1) is 16.6 Å². The first kappa shape index (κ1) is 30.8. The second-order valence-electron chi connectivity index (χ2n) is 15.2. The fourth-order valence-corrected chi connectivity index (χ4v) is 7.11. The molecule has 0 bridgehead atoms. The van der Waals surface area contributed by atoms with Gasteiger partial charge in [-0.1, -0.05) is 102 Å². The Balaban J connectivity index is 1.26. The predicted octanol–water partition coefficient (Wildman–Crippen LogP) is 12.8. The Morgan fingerprint density at radius 1 is 0.429 bits per heavy atom. The third-order valence-corrected chi connectivity index (χ3v) is 9.87. The number of nitrogens with zero attached hydrogens (tertiary/aromatic N) is 3. The normalized spacial score (nSPS) is 12.3. The summed E-state index contributed by atoms with van der Waals surface area (Å²) in [5.74, 6) is 0. The smallest absolute Gasteiger partial charge is 0.0562 e. The van der Waals surface area contributed by atoms with Crippen molar-refractivity contribution < 1.29 is 0 Å². The van der Waals surface area contributed by atoms with E-state index in [1.807, 2.05) is 0 Å². The molecule has 0 N–H and O–H groups in total. The predicted molar refractivity (Wildman–Crippen MR) is 210 cm³/mol. The molecule has 0 amide bonds. The molecule has 0 spiro atoms. The number of anilines is 3. The van der Waals surface area contributed by atoms with Gasteiger partial charge < -0.3 is 14.0 Å². The zero-order valence-electron chi connectivity index (χ0n) is 29.3. The topological polar surface area (TPSA) is 13.1 Å². The highest BCUT2D eigenvalue weighted by Crippen LogP contribution is 2.39. The number of hydrogen-bond acceptors (Lipinski definition) is 1. The summed E-state index contributed by atoms with van der Waals surface area (Å²) in [5, 5.41) is 3.76. The Hall–Kier alpha value is -5.54. The van der Waals surface area contributed by atoms with Gasteiger partial charge in [0.25, 0.3) is 0 Å². The summed E-state index contributed by atoms with van der Waals surface area (Å²) in [5.41, 5.74) is 12.2. The van der Waals surface area contributed by atoms with Gasteiger partial charge >= 0.3 is 0 Å². The molecule has 0 radical (unpaired) electrons. The Kier molecular flexibility index (Phi) is 7.26. The summed E-state index contributed by atoms with van der Waals surface area (Å²) >= 11 is 0. The highest BCUT2D eigenvalue weighted by Gasteiger charge is 2.20. The average molecular weight is 638 g/mol. The van der Waals surface area contributed by atoms with Gasteiger partial charge in [-0.05, 0) is 107 Å². The van der Waals surface area contributed by atoms with E-state index in [1.165, 1.54) is 43.8 Å². The standard InChI is InChI=1S/C46H43N3/c1-45(2,3)33-16-20-36(21-17-33)48(37-22-18-34(19-23-37)46(4,5)6)38-24-26-39(27-25-38)49-42-15-11-10-14-40(42)41-30-32-28-29-47(43(32)31-44(41)49)35-12-8-7-9-13-35/h7-31H,1-6H3. The summed E-state index contributed by atoms with van der Waals surface area (Å²) in [6.07, 6.45) is 2.18. The molecule has 8 rings (SSSR count). The fourth-order valence-electron chi connectivity index (χ4n) is 7.11. The van der Waals surface area contributed by atoms with Crippen LogP contribution in [0, 0.1) is 0 Å². The zero-order valence-corrected chi connectivity index (χ0v) is 29.3. The number of benzene rings is 6. The minimum Gasteiger partial charge on any atom is -0.316 e. The summed E-state index contributed by atoms with van der Waals surface area (Å²) in [7, 11) is 0. The Morgan fingerprint density at radius 2 is 0.959 bits per heavy atom. The van der Waals surface area contributed by atoms with E-state index in [9.17, 15) is 0 Å². The third kappa shape index (κ3) is 5.50. The molecule has 2 heterocycles. The van der Waals surface area contributed by atoms with E-state index < -0.39 is 0 Å². The second kappa shape index (κ2) is 11.6. The van der Waals surface area contributed by atoms with Crippen LogP contribution in [0.4, 0.5) is 17.1 Å². The van der Waals surface area contributed by atoms with Gasteiger partial charge in [-0.25, -0.2) is 0 Å². The molecule has 2 aromatic heterocycles. The Labute approximate surface area is 289 Å². The number of fused-ring (bicyclic) bond motifs is 4. The molecule has 6 aromatic carbocycles. The molecular formula is C46H43N3. The lowest BCUT2D eigenvalue weighted by atomic mass is 9.86. The zero-order chi connectivity index (χ0) is 33.9. The average Bonchev–Trinajstić information content (AvgIpc) is 3.66. The van der Waals surface area contributed by atoms with Crippen molar-refractivity contribution in [3.63, 3.8) is 0 Å². The van der Waals surface area contributed by atoms with E-state index in [-0.39, 0.29) is 10.8 Å². The van der Waals surface area contributed by atoms with Crippen molar-refractivity contribution in [3.05, 3.63) is 163 Å². The monoisotopic (exact) mass is 637 g/mol. The van der Waals surface area contributed by atoms with Gasteiger partial charge in [-0.2, -0.15) is 0 Å². The lowest BCUT2D eigenvalue weighted by molar-refractivity contribution is 0.590. The molecule has 0 aliphatic heterocycles. The van der Waals surface area contributed by atoms with Crippen LogP contribution < -0.4 is 4.90 Å². The van der Waals surface area contributed by atoms with Gasteiger partial charge in [-0.3, -0.25) is 0 Å². The van der Waals surface area contributed by atoms with E-state index in [0.29, 0.717) is 0 Å². The van der Waals surface area contributed by atoms with E-state index in [0.717, 1.165) is 28.4 Å². The maximum Gasteiger partial charge on any atom is 0.0562 e. The maximum absolute atomic E-state index is 2.41. The van der Waals surface area contributed by atoms with Crippen molar-refractivity contribution in [1.29, 1.82) is 0 Å². The molecule has 0 unspecified atom stereocenters. The minimum atomic E-state index is 0.0932. The first-order valence-corrected chi connectivity index (χ1v) is 17.3. The molecule has 49 heavy (non-hydrogen) atoms. The number of hydrogen-bond donors (Lipinski definition) is 0. The summed E-state index contributed by atoms with van der Waals surface area (Å²) < 4.78 is 4.70. The summed E-state index contributed by atoms with van der Waals surface area (Å²) in [4.78, 5) is 2.37. The molecule has 3 nitrogen and oxygen atoms in total. The van der Waals surface area contributed by atoms with E-state index in [2.05, 4.69) is 207 Å². The third-order valence-electron chi connectivity index (χ3n) is 9.87. The van der Waals surface area contributed by atoms with Crippen LogP contribution in [-0.4, -0.2) is 9.13 Å². The maximum atomic E-state index is 2.41. The van der Waals surface area contributed by atoms with Gasteiger partial charge in [0.1, 0.15) is 0 Å². The van der Waals surface area contributed by atoms with Crippen LogP contribution in [0.5, 0.6) is 0 Å². The number of aromatic nitrogens is 2. The van der Waals surface area contributed by atoms with Crippen molar-refractivity contribution >= 4 is 49.8 Å². The van der Waals surface area contributed by atoms with Gasteiger partial charge in [0.2, 0.25) is 0 Å². The highest BCUT2D eigenvalue weighted by molar-refractivity contribution is 6.13. The van der Waals surface area contributed by atoms with Crippen LogP contribution in [0.3, 0.4) is 0 Å². The molecule has 0 aliphatic rings. The van der Waals surface area contributed by atoms with Crippen LogP contribution in [0.2, 0.25) is 0 Å². The SMILES string of the molecule is CC(C)(C)c1ccc(N(c2ccc(-n3c4ccccc4c4cc5ccn(-c6ccccc6)c5cc43)cc2)c2ccc(C(C)(C)C)cc2)cc1. The van der Waals surface area contributed by atoms with Gasteiger partial charge in [-0.15, -0.1) is 0 Å². The minimum absolute atomic E-state index is 0.0932. The van der Waals surface area contributed by atoms with Crippen LogP contribution in [0.25, 0.3) is 44.1 Å². The van der Waals surface area contributed by atoms with Crippen molar-refractivity contribution in [2.75, 3.05) is 4.90 Å². The van der Waals surface area contributed by atoms with E-state index in [1.54, 1.807) is 0 Å².